The van der Waals surface area contributed by atoms with Gasteiger partial charge in [-0.3, -0.25) is 0 Å². The smallest absolute Gasteiger partial charge is 0.134 e. The van der Waals surface area contributed by atoms with Gasteiger partial charge in [-0.1, -0.05) is 24.4 Å². The van der Waals surface area contributed by atoms with Crippen molar-refractivity contribution < 1.29 is 5.11 Å². The molecule has 1 heterocycles. The summed E-state index contributed by atoms with van der Waals surface area (Å²) in [5, 5.41) is 10.7. The molecule has 0 amide bonds. The minimum Gasteiger partial charge on any atom is -0.388 e. The fourth-order valence-corrected chi connectivity index (χ4v) is 2.39. The van der Waals surface area contributed by atoms with Crippen molar-refractivity contribution in [1.82, 2.24) is 9.97 Å². The number of likely N-dealkylation sites (N-methyl/N-ethyl adjacent to an activating group) is 1. The highest BCUT2D eigenvalue weighted by molar-refractivity contribution is 6.29. The van der Waals surface area contributed by atoms with E-state index < -0.39 is 5.60 Å². The lowest BCUT2D eigenvalue weighted by Gasteiger charge is -2.29. The van der Waals surface area contributed by atoms with E-state index in [1.165, 1.54) is 6.33 Å². The second-order valence-corrected chi connectivity index (χ2v) is 4.87. The number of rotatable bonds is 3. The highest BCUT2D eigenvalue weighted by atomic mass is 35.5. The van der Waals surface area contributed by atoms with E-state index in [-0.39, 0.29) is 0 Å². The van der Waals surface area contributed by atoms with E-state index in [9.17, 15) is 5.11 Å². The lowest BCUT2D eigenvalue weighted by Crippen LogP contribution is -2.39. The molecule has 0 aromatic carbocycles. The van der Waals surface area contributed by atoms with E-state index in [0.29, 0.717) is 11.7 Å². The minimum absolute atomic E-state index is 0.426. The van der Waals surface area contributed by atoms with Crippen molar-refractivity contribution in [1.29, 1.82) is 0 Å². The summed E-state index contributed by atoms with van der Waals surface area (Å²) in [7, 11) is 1.91. The molecule has 1 aliphatic rings. The monoisotopic (exact) mass is 241 g/mol. The number of aromatic nitrogens is 2. The molecule has 1 N–H and O–H groups in total. The second-order valence-electron chi connectivity index (χ2n) is 4.49. The van der Waals surface area contributed by atoms with E-state index in [1.807, 2.05) is 11.9 Å². The van der Waals surface area contributed by atoms with E-state index in [2.05, 4.69) is 9.97 Å². The summed E-state index contributed by atoms with van der Waals surface area (Å²) >= 11 is 5.80. The predicted octanol–water partition coefficient (Wildman–Crippen LogP) is 1.87. The molecule has 5 heteroatoms. The molecule has 1 aromatic heterocycles. The SMILES string of the molecule is CN(CC1(O)CCCC1)c1cc(Cl)ncn1. The molecule has 1 aliphatic carbocycles. The normalized spacial score (nSPS) is 18.7. The van der Waals surface area contributed by atoms with Crippen LogP contribution in [-0.4, -0.2) is 34.3 Å². The molecular weight excluding hydrogens is 226 g/mol. The van der Waals surface area contributed by atoms with Crippen LogP contribution in [-0.2, 0) is 0 Å². The van der Waals surface area contributed by atoms with Gasteiger partial charge in [0.05, 0.1) is 5.60 Å². The Morgan fingerprint density at radius 1 is 1.44 bits per heavy atom. The highest BCUT2D eigenvalue weighted by Gasteiger charge is 2.32. The quantitative estimate of drug-likeness (QED) is 0.821. The predicted molar refractivity (Wildman–Crippen MR) is 63.7 cm³/mol. The van der Waals surface area contributed by atoms with Gasteiger partial charge < -0.3 is 10.0 Å². The van der Waals surface area contributed by atoms with Crippen molar-refractivity contribution in [3.63, 3.8) is 0 Å². The topological polar surface area (TPSA) is 49.2 Å². The Kier molecular flexibility index (Phi) is 3.30. The summed E-state index contributed by atoms with van der Waals surface area (Å²) in [6.07, 6.45) is 5.39. The zero-order chi connectivity index (χ0) is 11.6. The molecular formula is C11H16ClN3O. The Balaban J connectivity index is 2.05. The van der Waals surface area contributed by atoms with Crippen LogP contribution in [0.2, 0.25) is 5.15 Å². The van der Waals surface area contributed by atoms with Crippen LogP contribution in [0.5, 0.6) is 0 Å². The van der Waals surface area contributed by atoms with Crippen LogP contribution < -0.4 is 4.90 Å². The Morgan fingerprint density at radius 3 is 2.75 bits per heavy atom. The molecule has 0 aliphatic heterocycles. The third-order valence-corrected chi connectivity index (χ3v) is 3.28. The first-order chi connectivity index (χ1) is 7.59. The summed E-state index contributed by atoms with van der Waals surface area (Å²) in [4.78, 5) is 9.90. The molecule has 88 valence electrons. The largest absolute Gasteiger partial charge is 0.388 e. The van der Waals surface area contributed by atoms with Gasteiger partial charge in [-0.25, -0.2) is 9.97 Å². The lowest BCUT2D eigenvalue weighted by atomic mass is 10.0. The van der Waals surface area contributed by atoms with Crippen LogP contribution in [0.25, 0.3) is 0 Å². The highest BCUT2D eigenvalue weighted by Crippen LogP contribution is 2.30. The number of aliphatic hydroxyl groups is 1. The van der Waals surface area contributed by atoms with Crippen LogP contribution in [0, 0.1) is 0 Å². The third kappa shape index (κ3) is 2.62. The first kappa shape index (κ1) is 11.6. The van der Waals surface area contributed by atoms with Gasteiger partial charge in [0.2, 0.25) is 0 Å². The molecule has 16 heavy (non-hydrogen) atoms. The average molecular weight is 242 g/mol. The zero-order valence-corrected chi connectivity index (χ0v) is 10.1. The van der Waals surface area contributed by atoms with Gasteiger partial charge in [-0.05, 0) is 12.8 Å². The van der Waals surface area contributed by atoms with Gasteiger partial charge in [0.15, 0.2) is 0 Å². The van der Waals surface area contributed by atoms with E-state index in [0.717, 1.165) is 31.5 Å². The summed E-state index contributed by atoms with van der Waals surface area (Å²) in [6, 6.07) is 1.71. The van der Waals surface area contributed by atoms with Gasteiger partial charge in [0.25, 0.3) is 0 Å². The molecule has 4 nitrogen and oxygen atoms in total. The maximum absolute atomic E-state index is 10.3. The van der Waals surface area contributed by atoms with E-state index in [4.69, 9.17) is 11.6 Å². The molecule has 0 spiro atoms. The summed E-state index contributed by atoms with van der Waals surface area (Å²) in [5.41, 5.74) is -0.563. The van der Waals surface area contributed by atoms with Gasteiger partial charge in [0, 0.05) is 19.7 Å². The lowest BCUT2D eigenvalue weighted by molar-refractivity contribution is 0.0558. The zero-order valence-electron chi connectivity index (χ0n) is 9.36. The molecule has 0 atom stereocenters. The van der Waals surface area contributed by atoms with E-state index >= 15 is 0 Å². The summed E-state index contributed by atoms with van der Waals surface area (Å²) in [5.74, 6) is 0.750. The standard InChI is InChI=1S/C11H16ClN3O/c1-15(7-11(16)4-2-3-5-11)10-6-9(12)13-8-14-10/h6,8,16H,2-5,7H2,1H3. The summed E-state index contributed by atoms with van der Waals surface area (Å²) < 4.78 is 0. The Hall–Kier alpha value is -0.870. The van der Waals surface area contributed by atoms with Crippen molar-refractivity contribution in [3.8, 4) is 0 Å². The molecule has 0 bridgehead atoms. The molecule has 1 fully saturated rings. The molecule has 0 unspecified atom stereocenters. The number of halogens is 1. The minimum atomic E-state index is -0.563. The molecule has 2 rings (SSSR count). The Labute approximate surface area is 100 Å². The van der Waals surface area contributed by atoms with Crippen molar-refractivity contribution in [2.75, 3.05) is 18.5 Å². The van der Waals surface area contributed by atoms with Crippen molar-refractivity contribution in [3.05, 3.63) is 17.5 Å². The first-order valence-electron chi connectivity index (χ1n) is 5.50. The first-order valence-corrected chi connectivity index (χ1v) is 5.88. The van der Waals surface area contributed by atoms with Crippen LogP contribution in [0.3, 0.4) is 0 Å². The fourth-order valence-electron chi connectivity index (χ4n) is 2.25. The van der Waals surface area contributed by atoms with Crippen molar-refractivity contribution in [2.24, 2.45) is 0 Å². The van der Waals surface area contributed by atoms with Crippen LogP contribution in [0.4, 0.5) is 5.82 Å². The molecule has 1 saturated carbocycles. The second kappa shape index (κ2) is 4.55. The van der Waals surface area contributed by atoms with Crippen molar-refractivity contribution in [2.45, 2.75) is 31.3 Å². The maximum atomic E-state index is 10.3. The number of nitrogens with zero attached hydrogens (tertiary/aromatic N) is 3. The van der Waals surface area contributed by atoms with Gasteiger partial charge >= 0.3 is 0 Å². The number of hydrogen-bond acceptors (Lipinski definition) is 4. The Bertz CT molecular complexity index is 366. The fraction of sp³-hybridized carbons (Fsp3) is 0.636. The summed E-state index contributed by atoms with van der Waals surface area (Å²) in [6.45, 7) is 0.598. The average Bonchev–Trinajstić information content (AvgIpc) is 2.65. The molecule has 1 aromatic rings. The maximum Gasteiger partial charge on any atom is 0.134 e. The van der Waals surface area contributed by atoms with Gasteiger partial charge in [-0.15, -0.1) is 0 Å². The van der Waals surface area contributed by atoms with E-state index in [1.54, 1.807) is 6.07 Å². The Morgan fingerprint density at radius 2 is 2.12 bits per heavy atom. The number of hydrogen-bond donors (Lipinski definition) is 1. The molecule has 0 radical (unpaired) electrons. The third-order valence-electron chi connectivity index (χ3n) is 3.08. The number of anilines is 1. The van der Waals surface area contributed by atoms with Gasteiger partial charge in [0.1, 0.15) is 17.3 Å². The van der Waals surface area contributed by atoms with Crippen LogP contribution >= 0.6 is 11.6 Å². The van der Waals surface area contributed by atoms with Crippen LogP contribution in [0.1, 0.15) is 25.7 Å². The molecule has 0 saturated heterocycles. The van der Waals surface area contributed by atoms with Crippen LogP contribution in [0.15, 0.2) is 12.4 Å². The van der Waals surface area contributed by atoms with Gasteiger partial charge in [-0.2, -0.15) is 0 Å². The van der Waals surface area contributed by atoms with Crippen molar-refractivity contribution >= 4 is 17.4 Å².